The summed E-state index contributed by atoms with van der Waals surface area (Å²) < 4.78 is 54.5. The number of H-pyrrole nitrogens is 1. The third-order valence-corrected chi connectivity index (χ3v) is 8.41. The van der Waals surface area contributed by atoms with E-state index in [1.54, 1.807) is 12.1 Å². The van der Waals surface area contributed by atoms with Gasteiger partial charge in [-0.15, -0.1) is 0 Å². The Morgan fingerprint density at radius 2 is 1.86 bits per heavy atom. The third kappa shape index (κ3) is 5.69. The minimum atomic E-state index is -2.78. The molecule has 2 aromatic heterocycles. The molecule has 4 aromatic rings. The Hall–Kier alpha value is -4.38. The maximum absolute atomic E-state index is 14.3. The smallest absolute Gasteiger partial charge is 0.255 e. The van der Waals surface area contributed by atoms with Crippen molar-refractivity contribution in [1.29, 1.82) is 0 Å². The van der Waals surface area contributed by atoms with Gasteiger partial charge in [0, 0.05) is 35.8 Å². The minimum absolute atomic E-state index is 0.0751. The fourth-order valence-corrected chi connectivity index (χ4v) is 5.91. The van der Waals surface area contributed by atoms with Crippen LogP contribution in [0.2, 0.25) is 5.02 Å². The fraction of sp³-hybridized carbons (Fsp3) is 0.258. The summed E-state index contributed by atoms with van der Waals surface area (Å²) in [5, 5.41) is 8.70. The molecule has 1 atom stereocenters. The van der Waals surface area contributed by atoms with Crippen LogP contribution in [0.4, 0.5) is 34.8 Å². The van der Waals surface area contributed by atoms with Gasteiger partial charge < -0.3 is 20.9 Å². The quantitative estimate of drug-likeness (QED) is 0.157. The number of nitrogens with zero attached hydrogens (tertiary/aromatic N) is 1. The summed E-state index contributed by atoms with van der Waals surface area (Å²) in [6.07, 6.45) is 1.16. The molecule has 1 aliphatic heterocycles. The number of aromatic nitrogens is 2. The van der Waals surface area contributed by atoms with Crippen LogP contribution in [0, 0.1) is 11.6 Å². The number of benzene rings is 2. The fourth-order valence-electron chi connectivity index (χ4n) is 5.74. The molecule has 1 spiro atoms. The van der Waals surface area contributed by atoms with Crippen molar-refractivity contribution >= 4 is 40.6 Å². The van der Waals surface area contributed by atoms with E-state index in [4.69, 9.17) is 11.6 Å². The highest BCUT2D eigenvalue weighted by molar-refractivity contribution is 6.33. The molecule has 2 aliphatic rings. The van der Waals surface area contributed by atoms with Crippen molar-refractivity contribution in [3.05, 3.63) is 94.3 Å². The highest BCUT2D eigenvalue weighted by atomic mass is 35.5. The average molecular weight is 612 g/mol. The molecule has 1 saturated carbocycles. The lowest BCUT2D eigenvalue weighted by atomic mass is 9.71. The van der Waals surface area contributed by atoms with Crippen molar-refractivity contribution in [1.82, 2.24) is 15.3 Å². The van der Waals surface area contributed by atoms with Crippen molar-refractivity contribution in [2.24, 2.45) is 0 Å². The SMILES string of the molecule is O=C1NC2(CCC2)Cc2[nH]c(-c3ccnc(NC(=O)[C@@H](CC(F)F)c4ccc(F)cc4)c3)c(Nc3cccc(F)c3Cl)c21. The number of amides is 2. The first-order valence-corrected chi connectivity index (χ1v) is 14.1. The van der Waals surface area contributed by atoms with E-state index in [-0.39, 0.29) is 33.5 Å². The highest BCUT2D eigenvalue weighted by Gasteiger charge is 2.45. The largest absolute Gasteiger partial charge is 0.356 e. The molecule has 0 radical (unpaired) electrons. The van der Waals surface area contributed by atoms with Gasteiger partial charge >= 0.3 is 0 Å². The summed E-state index contributed by atoms with van der Waals surface area (Å²) in [4.78, 5) is 34.1. The van der Waals surface area contributed by atoms with Crippen LogP contribution in [0.15, 0.2) is 60.8 Å². The van der Waals surface area contributed by atoms with E-state index in [1.165, 1.54) is 36.5 Å². The molecular weight excluding hydrogens is 586 g/mol. The van der Waals surface area contributed by atoms with Crippen molar-refractivity contribution in [3.63, 3.8) is 0 Å². The number of carbonyl (C=O) groups is 2. The van der Waals surface area contributed by atoms with Gasteiger partial charge in [-0.25, -0.2) is 22.5 Å². The van der Waals surface area contributed by atoms with Crippen LogP contribution in [-0.2, 0) is 11.2 Å². The second kappa shape index (κ2) is 11.4. The van der Waals surface area contributed by atoms with E-state index in [1.807, 2.05) is 0 Å². The maximum Gasteiger partial charge on any atom is 0.255 e. The van der Waals surface area contributed by atoms with Gasteiger partial charge in [-0.1, -0.05) is 29.8 Å². The summed E-state index contributed by atoms with van der Waals surface area (Å²) in [6, 6.07) is 12.3. The predicted molar refractivity (Wildman–Crippen MR) is 155 cm³/mol. The molecule has 1 aliphatic carbocycles. The van der Waals surface area contributed by atoms with Gasteiger partial charge in [-0.3, -0.25) is 9.59 Å². The molecule has 6 rings (SSSR count). The summed E-state index contributed by atoms with van der Waals surface area (Å²) in [6.45, 7) is 0. The molecule has 7 nitrogen and oxygen atoms in total. The lowest BCUT2D eigenvalue weighted by Crippen LogP contribution is -2.57. The zero-order chi connectivity index (χ0) is 30.3. The number of nitrogens with one attached hydrogen (secondary N) is 4. The number of anilines is 3. The highest BCUT2D eigenvalue weighted by Crippen LogP contribution is 2.44. The molecule has 4 N–H and O–H groups in total. The second-order valence-electron chi connectivity index (χ2n) is 10.9. The van der Waals surface area contributed by atoms with Crippen molar-refractivity contribution < 1.29 is 27.2 Å². The predicted octanol–water partition coefficient (Wildman–Crippen LogP) is 7.34. The van der Waals surface area contributed by atoms with Gasteiger partial charge in [0.1, 0.15) is 17.5 Å². The molecule has 1 fully saturated rings. The van der Waals surface area contributed by atoms with Crippen molar-refractivity contribution in [2.45, 2.75) is 50.0 Å². The Labute approximate surface area is 249 Å². The van der Waals surface area contributed by atoms with Crippen LogP contribution in [0.25, 0.3) is 11.3 Å². The minimum Gasteiger partial charge on any atom is -0.356 e. The van der Waals surface area contributed by atoms with Crippen molar-refractivity contribution in [2.75, 3.05) is 10.6 Å². The Morgan fingerprint density at radius 3 is 2.56 bits per heavy atom. The second-order valence-corrected chi connectivity index (χ2v) is 11.2. The molecule has 43 heavy (non-hydrogen) atoms. The van der Waals surface area contributed by atoms with Crippen molar-refractivity contribution in [3.8, 4) is 11.3 Å². The van der Waals surface area contributed by atoms with E-state index in [9.17, 15) is 27.2 Å². The number of fused-ring (bicyclic) bond motifs is 1. The van der Waals surface area contributed by atoms with Crippen LogP contribution < -0.4 is 16.0 Å². The Morgan fingerprint density at radius 1 is 1.09 bits per heavy atom. The molecule has 12 heteroatoms. The van der Waals surface area contributed by atoms with Crippen LogP contribution in [-0.4, -0.2) is 33.7 Å². The van der Waals surface area contributed by atoms with Gasteiger partial charge in [-0.05, 0) is 61.2 Å². The summed E-state index contributed by atoms with van der Waals surface area (Å²) >= 11 is 6.23. The molecule has 0 unspecified atom stereocenters. The molecule has 222 valence electrons. The van der Waals surface area contributed by atoms with Gasteiger partial charge in [-0.2, -0.15) is 0 Å². The van der Waals surface area contributed by atoms with Crippen LogP contribution in [0.5, 0.6) is 0 Å². The first-order chi connectivity index (χ1) is 20.6. The van der Waals surface area contributed by atoms with E-state index >= 15 is 0 Å². The molecule has 2 amide bonds. The van der Waals surface area contributed by atoms with Gasteiger partial charge in [0.05, 0.1) is 33.6 Å². The summed E-state index contributed by atoms with van der Waals surface area (Å²) in [7, 11) is 0. The number of aromatic amines is 1. The van der Waals surface area contributed by atoms with Crippen LogP contribution in [0.3, 0.4) is 0 Å². The van der Waals surface area contributed by atoms with E-state index in [0.717, 1.165) is 31.4 Å². The summed E-state index contributed by atoms with van der Waals surface area (Å²) in [5.41, 5.74) is 2.57. The van der Waals surface area contributed by atoms with Crippen LogP contribution >= 0.6 is 11.6 Å². The lowest BCUT2D eigenvalue weighted by Gasteiger charge is -2.45. The summed E-state index contributed by atoms with van der Waals surface area (Å²) in [5.74, 6) is -3.38. The zero-order valence-corrected chi connectivity index (χ0v) is 23.4. The molecule has 3 heterocycles. The Balaban J connectivity index is 1.36. The van der Waals surface area contributed by atoms with Gasteiger partial charge in [0.2, 0.25) is 12.3 Å². The number of alkyl halides is 2. The number of pyridine rings is 1. The number of carbonyl (C=O) groups excluding carboxylic acids is 2. The third-order valence-electron chi connectivity index (χ3n) is 8.02. The molecule has 0 saturated heterocycles. The molecule has 0 bridgehead atoms. The first-order valence-electron chi connectivity index (χ1n) is 13.7. The standard InChI is InChI=1S/C31H26ClF4N5O2/c32-26-20(34)3-1-4-21(26)38-28-25-22(15-31(10-2-11-31)41-30(25)43)39-27(28)17-9-12-37-24(13-17)40-29(42)19(14-23(35)36)16-5-7-18(33)8-6-16/h1,3-9,12-13,19,23,38-39H,2,10-11,14-15H2,(H,41,43)(H,37,40,42)/t19-/m0/s1. The Kier molecular flexibility index (Phi) is 7.59. The topological polar surface area (TPSA) is 98.9 Å². The van der Waals surface area contributed by atoms with E-state index < -0.39 is 36.3 Å². The number of halogens is 5. The van der Waals surface area contributed by atoms with Crippen LogP contribution in [0.1, 0.15) is 53.2 Å². The van der Waals surface area contributed by atoms with Gasteiger partial charge in [0.15, 0.2) is 0 Å². The first kappa shape index (κ1) is 28.7. The zero-order valence-electron chi connectivity index (χ0n) is 22.6. The average Bonchev–Trinajstić information content (AvgIpc) is 3.32. The number of rotatable bonds is 8. The van der Waals surface area contributed by atoms with E-state index in [0.29, 0.717) is 34.6 Å². The maximum atomic E-state index is 14.3. The van der Waals surface area contributed by atoms with E-state index in [2.05, 4.69) is 25.9 Å². The van der Waals surface area contributed by atoms with Gasteiger partial charge in [0.25, 0.3) is 5.91 Å². The molecular formula is C31H26ClF4N5O2. The number of hydrogen-bond acceptors (Lipinski definition) is 4. The lowest BCUT2D eigenvalue weighted by molar-refractivity contribution is -0.118. The Bertz CT molecular complexity index is 1710. The normalized spacial score (nSPS) is 15.9. The monoisotopic (exact) mass is 611 g/mol. The molecule has 2 aromatic carbocycles. The number of hydrogen-bond donors (Lipinski definition) is 4.